The van der Waals surface area contributed by atoms with Crippen LogP contribution in [-0.4, -0.2) is 42.1 Å². The van der Waals surface area contributed by atoms with Crippen LogP contribution in [0, 0.1) is 0 Å². The lowest BCUT2D eigenvalue weighted by Gasteiger charge is -2.21. The Bertz CT molecular complexity index is 369. The number of anilines is 1. The van der Waals surface area contributed by atoms with Gasteiger partial charge in [-0.3, -0.25) is 4.79 Å². The zero-order valence-electron chi connectivity index (χ0n) is 10.3. The zero-order valence-corrected chi connectivity index (χ0v) is 10.3. The number of carbonyl (C=O) groups is 1. The maximum Gasteiger partial charge on any atom is 0.257 e. The number of nitrogens with zero attached hydrogens (tertiary/aromatic N) is 2. The Balaban J connectivity index is 2.69. The van der Waals surface area contributed by atoms with Gasteiger partial charge in [0.05, 0.1) is 12.2 Å². The molecular weight excluding hydrogens is 218 g/mol. The topological polar surface area (TPSA) is 68.5 Å². The lowest BCUT2D eigenvalue weighted by Crippen LogP contribution is -2.34. The molecule has 2 N–H and O–H groups in total. The average molecular weight is 237 g/mol. The van der Waals surface area contributed by atoms with Gasteiger partial charge >= 0.3 is 0 Å². The highest BCUT2D eigenvalue weighted by Gasteiger charge is 2.16. The van der Waals surface area contributed by atoms with Gasteiger partial charge in [0.2, 0.25) is 0 Å². The van der Waals surface area contributed by atoms with Gasteiger partial charge in [0.25, 0.3) is 5.91 Å². The van der Waals surface area contributed by atoms with Crippen molar-refractivity contribution < 1.29 is 9.53 Å². The lowest BCUT2D eigenvalue weighted by atomic mass is 10.2. The van der Waals surface area contributed by atoms with Crippen LogP contribution in [0.15, 0.2) is 18.3 Å². The van der Waals surface area contributed by atoms with Crippen LogP contribution in [0.4, 0.5) is 5.82 Å². The summed E-state index contributed by atoms with van der Waals surface area (Å²) in [6.07, 6.45) is 1.57. The molecule has 0 unspecified atom stereocenters. The van der Waals surface area contributed by atoms with E-state index in [0.29, 0.717) is 31.9 Å². The minimum absolute atomic E-state index is 0.0993. The number of nitrogens with two attached hydrogens (primary N) is 1. The van der Waals surface area contributed by atoms with E-state index in [4.69, 9.17) is 10.5 Å². The first-order valence-corrected chi connectivity index (χ1v) is 5.78. The van der Waals surface area contributed by atoms with Crippen LogP contribution in [0.5, 0.6) is 0 Å². The quantitative estimate of drug-likeness (QED) is 0.754. The lowest BCUT2D eigenvalue weighted by molar-refractivity contribution is 0.0670. The Morgan fingerprint density at radius 1 is 1.53 bits per heavy atom. The van der Waals surface area contributed by atoms with Crippen molar-refractivity contribution in [1.29, 1.82) is 0 Å². The Kier molecular flexibility index (Phi) is 5.42. The van der Waals surface area contributed by atoms with E-state index >= 15 is 0 Å². The molecule has 0 aliphatic carbocycles. The molecule has 1 amide bonds. The van der Waals surface area contributed by atoms with Crippen LogP contribution in [0.3, 0.4) is 0 Å². The first-order chi connectivity index (χ1) is 8.20. The van der Waals surface area contributed by atoms with E-state index in [2.05, 4.69) is 4.98 Å². The summed E-state index contributed by atoms with van der Waals surface area (Å²) in [6.45, 7) is 6.24. The Labute approximate surface area is 102 Å². The third-order valence-electron chi connectivity index (χ3n) is 2.45. The number of pyridine rings is 1. The van der Waals surface area contributed by atoms with Crippen LogP contribution < -0.4 is 5.73 Å². The third kappa shape index (κ3) is 3.71. The predicted octanol–water partition coefficient (Wildman–Crippen LogP) is 1.16. The minimum atomic E-state index is -0.0993. The van der Waals surface area contributed by atoms with E-state index in [9.17, 15) is 4.79 Å². The molecule has 1 aromatic heterocycles. The highest BCUT2D eigenvalue weighted by molar-refractivity contribution is 5.98. The summed E-state index contributed by atoms with van der Waals surface area (Å²) in [6, 6.07) is 3.40. The largest absolute Gasteiger partial charge is 0.383 e. The number of ether oxygens (including phenoxy) is 1. The Morgan fingerprint density at radius 3 is 2.88 bits per heavy atom. The molecule has 0 saturated carbocycles. The summed E-state index contributed by atoms with van der Waals surface area (Å²) < 4.78 is 5.24. The van der Waals surface area contributed by atoms with Crippen LogP contribution in [-0.2, 0) is 4.74 Å². The van der Waals surface area contributed by atoms with Crippen LogP contribution in [0.2, 0.25) is 0 Å². The molecule has 0 bridgehead atoms. The molecule has 1 rings (SSSR count). The molecule has 94 valence electrons. The second kappa shape index (κ2) is 6.85. The highest BCUT2D eigenvalue weighted by atomic mass is 16.5. The van der Waals surface area contributed by atoms with Crippen molar-refractivity contribution in [2.45, 2.75) is 13.8 Å². The molecule has 0 spiro atoms. The fourth-order valence-electron chi connectivity index (χ4n) is 1.49. The Hall–Kier alpha value is -1.62. The number of likely N-dealkylation sites (N-methyl/N-ethyl adjacent to an activating group) is 1. The first-order valence-electron chi connectivity index (χ1n) is 5.78. The first kappa shape index (κ1) is 13.4. The van der Waals surface area contributed by atoms with Gasteiger partial charge < -0.3 is 15.4 Å². The molecule has 0 saturated heterocycles. The smallest absolute Gasteiger partial charge is 0.257 e. The number of carbonyl (C=O) groups excluding carboxylic acids is 1. The fourth-order valence-corrected chi connectivity index (χ4v) is 1.49. The van der Waals surface area contributed by atoms with Crippen molar-refractivity contribution in [2.75, 3.05) is 32.0 Å². The minimum Gasteiger partial charge on any atom is -0.383 e. The SMILES string of the molecule is CCOCCN(CC)C(=O)c1cccnc1N. The second-order valence-electron chi connectivity index (χ2n) is 3.52. The number of hydrogen-bond donors (Lipinski definition) is 1. The van der Waals surface area contributed by atoms with Gasteiger partial charge in [-0.1, -0.05) is 0 Å². The predicted molar refractivity (Wildman–Crippen MR) is 66.7 cm³/mol. The van der Waals surface area contributed by atoms with Crippen LogP contribution in [0.25, 0.3) is 0 Å². The molecule has 5 nitrogen and oxygen atoms in total. The molecule has 0 atom stereocenters. The standard InChI is InChI=1S/C12H19N3O2/c1-3-15(8-9-17-4-2)12(16)10-6-5-7-14-11(10)13/h5-7H,3-4,8-9H2,1-2H3,(H2,13,14). The molecule has 0 radical (unpaired) electrons. The van der Waals surface area contributed by atoms with Gasteiger partial charge in [-0.2, -0.15) is 0 Å². The van der Waals surface area contributed by atoms with Crippen molar-refractivity contribution in [3.8, 4) is 0 Å². The van der Waals surface area contributed by atoms with Gasteiger partial charge in [-0.15, -0.1) is 0 Å². The van der Waals surface area contributed by atoms with Gasteiger partial charge in [0, 0.05) is 25.9 Å². The summed E-state index contributed by atoms with van der Waals surface area (Å²) in [4.78, 5) is 17.8. The molecular formula is C12H19N3O2. The number of amides is 1. The van der Waals surface area contributed by atoms with E-state index in [1.807, 2.05) is 13.8 Å². The molecule has 0 fully saturated rings. The van der Waals surface area contributed by atoms with Gasteiger partial charge in [0.1, 0.15) is 5.82 Å². The summed E-state index contributed by atoms with van der Waals surface area (Å²) in [7, 11) is 0. The van der Waals surface area contributed by atoms with Crippen LogP contribution >= 0.6 is 0 Å². The molecule has 17 heavy (non-hydrogen) atoms. The zero-order chi connectivity index (χ0) is 12.7. The van der Waals surface area contributed by atoms with Crippen molar-refractivity contribution >= 4 is 11.7 Å². The number of hydrogen-bond acceptors (Lipinski definition) is 4. The Morgan fingerprint density at radius 2 is 2.29 bits per heavy atom. The summed E-state index contributed by atoms with van der Waals surface area (Å²) in [5.74, 6) is 0.171. The summed E-state index contributed by atoms with van der Waals surface area (Å²) in [5, 5.41) is 0. The highest BCUT2D eigenvalue weighted by Crippen LogP contribution is 2.10. The summed E-state index contributed by atoms with van der Waals surface area (Å²) in [5.41, 5.74) is 6.13. The van der Waals surface area contributed by atoms with Crippen molar-refractivity contribution in [3.05, 3.63) is 23.9 Å². The normalized spacial score (nSPS) is 10.2. The molecule has 5 heteroatoms. The molecule has 0 aromatic carbocycles. The van der Waals surface area contributed by atoms with E-state index in [-0.39, 0.29) is 11.7 Å². The van der Waals surface area contributed by atoms with Crippen molar-refractivity contribution in [3.63, 3.8) is 0 Å². The fraction of sp³-hybridized carbons (Fsp3) is 0.500. The second-order valence-corrected chi connectivity index (χ2v) is 3.52. The number of aromatic nitrogens is 1. The van der Waals surface area contributed by atoms with E-state index in [0.717, 1.165) is 0 Å². The maximum absolute atomic E-state index is 12.1. The van der Waals surface area contributed by atoms with E-state index in [1.54, 1.807) is 23.2 Å². The molecule has 1 heterocycles. The number of nitrogen functional groups attached to an aromatic ring is 1. The third-order valence-corrected chi connectivity index (χ3v) is 2.45. The monoisotopic (exact) mass is 237 g/mol. The van der Waals surface area contributed by atoms with Gasteiger partial charge in [-0.05, 0) is 26.0 Å². The van der Waals surface area contributed by atoms with Gasteiger partial charge in [0.15, 0.2) is 0 Å². The van der Waals surface area contributed by atoms with Crippen molar-refractivity contribution in [1.82, 2.24) is 9.88 Å². The van der Waals surface area contributed by atoms with Crippen LogP contribution in [0.1, 0.15) is 24.2 Å². The summed E-state index contributed by atoms with van der Waals surface area (Å²) >= 11 is 0. The van der Waals surface area contributed by atoms with E-state index < -0.39 is 0 Å². The number of rotatable bonds is 6. The average Bonchev–Trinajstić information content (AvgIpc) is 2.35. The molecule has 1 aromatic rings. The molecule has 0 aliphatic heterocycles. The van der Waals surface area contributed by atoms with E-state index in [1.165, 1.54) is 0 Å². The van der Waals surface area contributed by atoms with Crippen molar-refractivity contribution in [2.24, 2.45) is 0 Å². The van der Waals surface area contributed by atoms with Gasteiger partial charge in [-0.25, -0.2) is 4.98 Å². The molecule has 0 aliphatic rings. The maximum atomic E-state index is 12.1.